The molecular formula is C17H32N2O4. The van der Waals surface area contributed by atoms with Gasteiger partial charge in [-0.15, -0.1) is 0 Å². The molecule has 1 amide bonds. The summed E-state index contributed by atoms with van der Waals surface area (Å²) in [6.45, 7) is 8.67. The zero-order valence-corrected chi connectivity index (χ0v) is 14.9. The van der Waals surface area contributed by atoms with Gasteiger partial charge in [0.2, 0.25) is 0 Å². The molecule has 4 unspecified atom stereocenters. The van der Waals surface area contributed by atoms with Gasteiger partial charge >= 0.3 is 6.09 Å². The largest absolute Gasteiger partial charge is 0.444 e. The van der Waals surface area contributed by atoms with E-state index in [4.69, 9.17) is 9.47 Å². The van der Waals surface area contributed by atoms with Crippen molar-refractivity contribution in [2.45, 2.75) is 89.2 Å². The third kappa shape index (κ3) is 5.62. The van der Waals surface area contributed by atoms with Crippen LogP contribution in [0.5, 0.6) is 0 Å². The smallest absolute Gasteiger partial charge is 0.407 e. The van der Waals surface area contributed by atoms with E-state index in [1.54, 1.807) is 0 Å². The quantitative estimate of drug-likeness (QED) is 0.735. The summed E-state index contributed by atoms with van der Waals surface area (Å²) >= 11 is 0. The number of nitrogens with one attached hydrogen (secondary N) is 2. The number of amides is 1. The molecule has 0 radical (unpaired) electrons. The van der Waals surface area contributed by atoms with Gasteiger partial charge in [-0.3, -0.25) is 0 Å². The number of hydrogen-bond donors (Lipinski definition) is 3. The van der Waals surface area contributed by atoms with Crippen molar-refractivity contribution in [3.8, 4) is 0 Å². The molecule has 1 aliphatic carbocycles. The van der Waals surface area contributed by atoms with Crippen LogP contribution in [0.2, 0.25) is 0 Å². The van der Waals surface area contributed by atoms with Crippen LogP contribution in [0.25, 0.3) is 0 Å². The summed E-state index contributed by atoms with van der Waals surface area (Å²) in [6, 6.07) is 0.434. The Kier molecular flexibility index (Phi) is 5.92. The predicted octanol–water partition coefficient (Wildman–Crippen LogP) is 1.95. The van der Waals surface area contributed by atoms with Gasteiger partial charge in [0.15, 0.2) is 0 Å². The minimum Gasteiger partial charge on any atom is -0.444 e. The Morgan fingerprint density at radius 3 is 2.65 bits per heavy atom. The van der Waals surface area contributed by atoms with Gasteiger partial charge in [-0.1, -0.05) is 0 Å². The standard InChI is InChI=1S/C17H32N2O4/c1-12-17(21,8-9-22-12)11-18-13-6-5-7-14(10-13)19-15(20)23-16(2,3)4/h12-14,18,21H,5-11H2,1-4H3,(H,19,20). The first-order valence-electron chi connectivity index (χ1n) is 8.75. The van der Waals surface area contributed by atoms with Crippen LogP contribution in [0.4, 0.5) is 4.79 Å². The Labute approximate surface area is 139 Å². The summed E-state index contributed by atoms with van der Waals surface area (Å²) in [4.78, 5) is 11.9. The Morgan fingerprint density at radius 1 is 1.35 bits per heavy atom. The van der Waals surface area contributed by atoms with Crippen molar-refractivity contribution < 1.29 is 19.4 Å². The number of carbonyl (C=O) groups is 1. The van der Waals surface area contributed by atoms with Crippen LogP contribution in [-0.4, -0.2) is 53.7 Å². The maximum absolute atomic E-state index is 11.9. The van der Waals surface area contributed by atoms with E-state index in [-0.39, 0.29) is 18.2 Å². The molecule has 0 bridgehead atoms. The van der Waals surface area contributed by atoms with Gasteiger partial charge in [-0.2, -0.15) is 0 Å². The summed E-state index contributed by atoms with van der Waals surface area (Å²) in [5, 5.41) is 17.0. The zero-order chi connectivity index (χ0) is 17.1. The molecule has 6 nitrogen and oxygen atoms in total. The van der Waals surface area contributed by atoms with Crippen LogP contribution in [0.3, 0.4) is 0 Å². The Morgan fingerprint density at radius 2 is 2.04 bits per heavy atom. The average Bonchev–Trinajstić information content (AvgIpc) is 2.75. The highest BCUT2D eigenvalue weighted by Gasteiger charge is 2.40. The molecule has 1 heterocycles. The van der Waals surface area contributed by atoms with E-state index in [1.807, 2.05) is 27.7 Å². The molecule has 1 aliphatic heterocycles. The molecule has 2 rings (SSSR count). The summed E-state index contributed by atoms with van der Waals surface area (Å²) in [5.74, 6) is 0. The van der Waals surface area contributed by atoms with E-state index >= 15 is 0 Å². The van der Waals surface area contributed by atoms with Crippen LogP contribution < -0.4 is 10.6 Å². The van der Waals surface area contributed by atoms with Crippen LogP contribution in [0, 0.1) is 0 Å². The molecule has 1 saturated heterocycles. The molecule has 2 fully saturated rings. The van der Waals surface area contributed by atoms with Crippen molar-refractivity contribution in [2.75, 3.05) is 13.2 Å². The number of rotatable bonds is 4. The number of hydrogen-bond acceptors (Lipinski definition) is 5. The van der Waals surface area contributed by atoms with Gasteiger partial charge in [0.25, 0.3) is 0 Å². The van der Waals surface area contributed by atoms with E-state index in [0.717, 1.165) is 25.7 Å². The van der Waals surface area contributed by atoms with Gasteiger partial charge in [0.05, 0.1) is 6.10 Å². The molecule has 0 aromatic rings. The maximum atomic E-state index is 11.9. The second-order valence-corrected chi connectivity index (χ2v) is 7.95. The number of alkyl carbamates (subject to hydrolysis) is 1. The predicted molar refractivity (Wildman–Crippen MR) is 88.4 cm³/mol. The molecule has 6 heteroatoms. The number of aliphatic hydroxyl groups is 1. The Balaban J connectivity index is 1.76. The highest BCUT2D eigenvalue weighted by atomic mass is 16.6. The van der Waals surface area contributed by atoms with Crippen molar-refractivity contribution in [3.63, 3.8) is 0 Å². The fourth-order valence-electron chi connectivity index (χ4n) is 3.30. The lowest BCUT2D eigenvalue weighted by molar-refractivity contribution is -0.0285. The fraction of sp³-hybridized carbons (Fsp3) is 0.941. The van der Waals surface area contributed by atoms with Gasteiger partial charge in [0.1, 0.15) is 11.2 Å². The summed E-state index contributed by atoms with van der Waals surface area (Å²) in [5.41, 5.74) is -1.25. The zero-order valence-electron chi connectivity index (χ0n) is 14.9. The van der Waals surface area contributed by atoms with Crippen molar-refractivity contribution >= 4 is 6.09 Å². The van der Waals surface area contributed by atoms with Crippen LogP contribution in [0.1, 0.15) is 59.8 Å². The summed E-state index contributed by atoms with van der Waals surface area (Å²) < 4.78 is 10.8. The topological polar surface area (TPSA) is 79.8 Å². The number of carbonyl (C=O) groups excluding carboxylic acids is 1. The van der Waals surface area contributed by atoms with Crippen LogP contribution in [-0.2, 0) is 9.47 Å². The van der Waals surface area contributed by atoms with E-state index in [0.29, 0.717) is 25.6 Å². The lowest BCUT2D eigenvalue weighted by Crippen LogP contribution is -2.51. The first-order valence-corrected chi connectivity index (χ1v) is 8.75. The monoisotopic (exact) mass is 328 g/mol. The Hall–Kier alpha value is -0.850. The van der Waals surface area contributed by atoms with E-state index in [9.17, 15) is 9.90 Å². The van der Waals surface area contributed by atoms with E-state index in [1.165, 1.54) is 0 Å². The van der Waals surface area contributed by atoms with Gasteiger partial charge in [-0.25, -0.2) is 4.79 Å². The second kappa shape index (κ2) is 7.36. The SMILES string of the molecule is CC1OCCC1(O)CNC1CCCC(NC(=O)OC(C)(C)C)C1. The molecule has 2 aliphatic rings. The summed E-state index contributed by atoms with van der Waals surface area (Å²) in [6.07, 6.45) is 4.16. The van der Waals surface area contributed by atoms with Gasteiger partial charge in [0, 0.05) is 31.7 Å². The number of ether oxygens (including phenoxy) is 2. The van der Waals surface area contributed by atoms with Gasteiger partial charge in [-0.05, 0) is 53.4 Å². The average molecular weight is 328 g/mol. The molecule has 4 atom stereocenters. The Bertz CT molecular complexity index is 410. The maximum Gasteiger partial charge on any atom is 0.407 e. The molecule has 0 spiro atoms. The highest BCUT2D eigenvalue weighted by Crippen LogP contribution is 2.26. The molecular weight excluding hydrogens is 296 g/mol. The lowest BCUT2D eigenvalue weighted by Gasteiger charge is -2.34. The minimum absolute atomic E-state index is 0.128. The molecule has 23 heavy (non-hydrogen) atoms. The molecule has 1 saturated carbocycles. The van der Waals surface area contributed by atoms with Crippen LogP contribution >= 0.6 is 0 Å². The molecule has 0 aromatic carbocycles. The molecule has 134 valence electrons. The first-order chi connectivity index (χ1) is 10.7. The van der Waals surface area contributed by atoms with Gasteiger partial charge < -0.3 is 25.2 Å². The second-order valence-electron chi connectivity index (χ2n) is 7.95. The fourth-order valence-corrected chi connectivity index (χ4v) is 3.30. The highest BCUT2D eigenvalue weighted by molar-refractivity contribution is 5.68. The lowest BCUT2D eigenvalue weighted by atomic mass is 9.89. The third-order valence-electron chi connectivity index (χ3n) is 4.75. The molecule has 3 N–H and O–H groups in total. The van der Waals surface area contributed by atoms with Crippen molar-refractivity contribution in [1.29, 1.82) is 0 Å². The van der Waals surface area contributed by atoms with Crippen molar-refractivity contribution in [1.82, 2.24) is 10.6 Å². The summed E-state index contributed by atoms with van der Waals surface area (Å²) in [7, 11) is 0. The van der Waals surface area contributed by atoms with Crippen molar-refractivity contribution in [3.05, 3.63) is 0 Å². The van der Waals surface area contributed by atoms with Crippen LogP contribution in [0.15, 0.2) is 0 Å². The minimum atomic E-state index is -0.772. The van der Waals surface area contributed by atoms with E-state index < -0.39 is 11.2 Å². The normalized spacial score (nSPS) is 35.1. The first kappa shape index (κ1) is 18.5. The molecule has 0 aromatic heterocycles. The third-order valence-corrected chi connectivity index (χ3v) is 4.75. The van der Waals surface area contributed by atoms with Crippen molar-refractivity contribution in [2.24, 2.45) is 0 Å². The van der Waals surface area contributed by atoms with E-state index in [2.05, 4.69) is 10.6 Å².